The van der Waals surface area contributed by atoms with Gasteiger partial charge in [0, 0.05) is 12.8 Å². The smallest absolute Gasteiger partial charge is 0.462 e. The summed E-state index contributed by atoms with van der Waals surface area (Å²) in [4.78, 5) is 35.0. The molecule has 0 aromatic rings. The van der Waals surface area contributed by atoms with Crippen molar-refractivity contribution in [2.45, 2.75) is 166 Å². The van der Waals surface area contributed by atoms with Gasteiger partial charge in [0.2, 0.25) is 0 Å². The first-order chi connectivity index (χ1) is 21.9. The number of ether oxygens (including phenoxy) is 2. The molecule has 0 aromatic carbocycles. The Labute approximate surface area is 273 Å². The highest BCUT2D eigenvalue weighted by molar-refractivity contribution is 7.47. The molecule has 0 aliphatic heterocycles. The highest BCUT2D eigenvalue weighted by atomic mass is 31.2. The second-order valence-corrected chi connectivity index (χ2v) is 13.4. The van der Waals surface area contributed by atoms with Crippen LogP contribution in [-0.4, -0.2) is 98.3 Å². The lowest BCUT2D eigenvalue weighted by Gasteiger charge is -2.41. The number of allylic oxidation sites excluding steroid dienone is 2. The number of hydrogen-bond donors (Lipinski definition) is 6. The van der Waals surface area contributed by atoms with E-state index in [0.717, 1.165) is 64.2 Å². The summed E-state index contributed by atoms with van der Waals surface area (Å²) < 4.78 is 33.0. The monoisotopic (exact) mass is 682 g/mol. The van der Waals surface area contributed by atoms with Crippen LogP contribution in [0.25, 0.3) is 0 Å². The molecule has 270 valence electrons. The van der Waals surface area contributed by atoms with Crippen LogP contribution in [0.1, 0.15) is 123 Å². The molecule has 0 aromatic heterocycles. The van der Waals surface area contributed by atoms with E-state index in [-0.39, 0.29) is 12.8 Å². The molecule has 1 aliphatic carbocycles. The van der Waals surface area contributed by atoms with Gasteiger partial charge in [-0.15, -0.1) is 0 Å². The van der Waals surface area contributed by atoms with E-state index in [9.17, 15) is 44.6 Å². The average molecular weight is 683 g/mol. The van der Waals surface area contributed by atoms with Crippen LogP contribution in [0, 0.1) is 0 Å². The minimum absolute atomic E-state index is 0.0883. The summed E-state index contributed by atoms with van der Waals surface area (Å²) in [5.41, 5.74) is 0. The maximum absolute atomic E-state index is 12.6. The predicted molar refractivity (Wildman–Crippen MR) is 171 cm³/mol. The maximum Gasteiger partial charge on any atom is 0.472 e. The Morgan fingerprint density at radius 1 is 0.652 bits per heavy atom. The van der Waals surface area contributed by atoms with Gasteiger partial charge in [0.1, 0.15) is 43.2 Å². The summed E-state index contributed by atoms with van der Waals surface area (Å²) in [5.74, 6) is -1.13. The highest BCUT2D eigenvalue weighted by Gasteiger charge is 2.51. The van der Waals surface area contributed by atoms with Crippen LogP contribution in [0.3, 0.4) is 0 Å². The van der Waals surface area contributed by atoms with Crippen molar-refractivity contribution in [3.05, 3.63) is 12.2 Å². The van der Waals surface area contributed by atoms with Gasteiger partial charge in [-0.25, -0.2) is 4.57 Å². The number of aliphatic hydroxyl groups excluding tert-OH is 5. The van der Waals surface area contributed by atoms with Crippen molar-refractivity contribution in [1.29, 1.82) is 0 Å². The van der Waals surface area contributed by atoms with Crippen LogP contribution in [-0.2, 0) is 32.7 Å². The molecule has 0 saturated heterocycles. The second kappa shape index (κ2) is 24.7. The lowest BCUT2D eigenvalue weighted by molar-refractivity contribution is -0.220. The second-order valence-electron chi connectivity index (χ2n) is 12.0. The van der Waals surface area contributed by atoms with E-state index in [1.54, 1.807) is 0 Å². The zero-order valence-corrected chi connectivity index (χ0v) is 28.5. The molecule has 1 fully saturated rings. The Balaban J connectivity index is 2.58. The lowest BCUT2D eigenvalue weighted by Crippen LogP contribution is -2.64. The van der Waals surface area contributed by atoms with Crippen LogP contribution in [0.4, 0.5) is 0 Å². The Bertz CT molecular complexity index is 885. The standard InChI is InChI=1S/C32H59O13P/c1-3-5-7-9-10-11-12-13-14-15-17-19-21-26(34)44-24(22-42-25(33)20-18-16-8-6-4-2)23-43-46(40,41)45-32-30(38)28(36)27(35)29(37)31(32)39/h10-11,24,27-32,35-39H,3-9,12-23H2,1-2H3,(H,40,41)/b11-10-. The van der Waals surface area contributed by atoms with E-state index < -0.39 is 75.7 Å². The van der Waals surface area contributed by atoms with Crippen molar-refractivity contribution in [2.75, 3.05) is 13.2 Å². The van der Waals surface area contributed by atoms with Gasteiger partial charge < -0.3 is 39.9 Å². The minimum Gasteiger partial charge on any atom is -0.462 e. The fourth-order valence-corrected chi connectivity index (χ4v) is 5.96. The van der Waals surface area contributed by atoms with E-state index in [1.165, 1.54) is 19.3 Å². The molecular weight excluding hydrogens is 623 g/mol. The van der Waals surface area contributed by atoms with Gasteiger partial charge in [-0.2, -0.15) is 0 Å². The normalized spacial score (nSPS) is 25.3. The van der Waals surface area contributed by atoms with Gasteiger partial charge in [-0.05, 0) is 38.5 Å². The number of esters is 2. The number of carbonyl (C=O) groups excluding carboxylic acids is 2. The first-order valence-electron chi connectivity index (χ1n) is 17.0. The minimum atomic E-state index is -5.09. The molecular formula is C32H59O13P. The van der Waals surface area contributed by atoms with Crippen LogP contribution >= 0.6 is 7.82 Å². The number of aliphatic hydroxyl groups is 5. The third kappa shape index (κ3) is 18.2. The number of phosphoric ester groups is 1. The number of phosphoric acid groups is 1. The predicted octanol–water partition coefficient (Wildman–Crippen LogP) is 3.99. The van der Waals surface area contributed by atoms with Crippen molar-refractivity contribution in [2.24, 2.45) is 0 Å². The van der Waals surface area contributed by atoms with Gasteiger partial charge in [0.15, 0.2) is 6.10 Å². The third-order valence-electron chi connectivity index (χ3n) is 7.86. The topological polar surface area (TPSA) is 210 Å². The zero-order valence-electron chi connectivity index (χ0n) is 27.6. The van der Waals surface area contributed by atoms with Gasteiger partial charge in [-0.3, -0.25) is 18.6 Å². The van der Waals surface area contributed by atoms with Crippen LogP contribution in [0.15, 0.2) is 12.2 Å². The summed E-state index contributed by atoms with van der Waals surface area (Å²) in [5, 5.41) is 49.6. The average Bonchev–Trinajstić information content (AvgIpc) is 3.03. The first kappa shape index (κ1) is 42.6. The first-order valence-corrected chi connectivity index (χ1v) is 18.5. The fourth-order valence-electron chi connectivity index (χ4n) is 4.98. The van der Waals surface area contributed by atoms with E-state index in [2.05, 4.69) is 26.0 Å². The van der Waals surface area contributed by atoms with Crippen molar-refractivity contribution in [3.63, 3.8) is 0 Å². The van der Waals surface area contributed by atoms with Gasteiger partial charge >= 0.3 is 19.8 Å². The van der Waals surface area contributed by atoms with Crippen LogP contribution < -0.4 is 0 Å². The number of hydrogen-bond acceptors (Lipinski definition) is 12. The molecule has 6 unspecified atom stereocenters. The van der Waals surface area contributed by atoms with Gasteiger partial charge in [-0.1, -0.05) is 83.8 Å². The molecule has 6 atom stereocenters. The molecule has 1 saturated carbocycles. The SMILES string of the molecule is CCCCC/C=C\CCCCCCCC(=O)OC(COC(=O)CCCCCCC)COP(=O)(O)OC1C(O)C(O)C(O)C(O)C1O. The highest BCUT2D eigenvalue weighted by Crippen LogP contribution is 2.47. The molecule has 13 nitrogen and oxygen atoms in total. The Kier molecular flexibility index (Phi) is 22.9. The summed E-state index contributed by atoms with van der Waals surface area (Å²) in [7, 11) is -5.09. The van der Waals surface area contributed by atoms with Crippen molar-refractivity contribution in [1.82, 2.24) is 0 Å². The van der Waals surface area contributed by atoms with E-state index >= 15 is 0 Å². The van der Waals surface area contributed by atoms with Crippen molar-refractivity contribution in [3.8, 4) is 0 Å². The summed E-state index contributed by atoms with van der Waals surface area (Å²) in [6, 6.07) is 0. The molecule has 0 bridgehead atoms. The zero-order chi connectivity index (χ0) is 34.4. The molecule has 1 aliphatic rings. The van der Waals surface area contributed by atoms with Gasteiger partial charge in [0.25, 0.3) is 0 Å². The molecule has 0 heterocycles. The van der Waals surface area contributed by atoms with Gasteiger partial charge in [0.05, 0.1) is 6.61 Å². The molecule has 0 radical (unpaired) electrons. The van der Waals surface area contributed by atoms with Crippen LogP contribution in [0.2, 0.25) is 0 Å². The number of unbranched alkanes of at least 4 members (excludes halogenated alkanes) is 12. The maximum atomic E-state index is 12.6. The van der Waals surface area contributed by atoms with Crippen molar-refractivity contribution >= 4 is 19.8 Å². The molecule has 0 spiro atoms. The number of carbonyl (C=O) groups is 2. The van der Waals surface area contributed by atoms with E-state index in [1.807, 2.05) is 0 Å². The molecule has 6 N–H and O–H groups in total. The summed E-state index contributed by atoms with van der Waals surface area (Å²) in [6.45, 7) is 3.09. The summed E-state index contributed by atoms with van der Waals surface area (Å²) >= 11 is 0. The van der Waals surface area contributed by atoms with E-state index in [4.69, 9.17) is 18.5 Å². The quantitative estimate of drug-likeness (QED) is 0.0330. The molecule has 14 heteroatoms. The van der Waals surface area contributed by atoms with Crippen molar-refractivity contribution < 1.29 is 63.1 Å². The fraction of sp³-hybridized carbons (Fsp3) is 0.875. The van der Waals surface area contributed by atoms with Crippen LogP contribution in [0.5, 0.6) is 0 Å². The van der Waals surface area contributed by atoms with E-state index in [0.29, 0.717) is 12.8 Å². The molecule has 0 amide bonds. The largest absolute Gasteiger partial charge is 0.472 e. The summed E-state index contributed by atoms with van der Waals surface area (Å²) in [6.07, 6.45) is 6.48. The molecule has 46 heavy (non-hydrogen) atoms. The lowest BCUT2D eigenvalue weighted by atomic mass is 9.85. The third-order valence-corrected chi connectivity index (χ3v) is 8.84. The number of rotatable bonds is 26. The Morgan fingerprint density at radius 3 is 1.70 bits per heavy atom. The Hall–Kier alpha value is -1.41. The molecule has 1 rings (SSSR count). The Morgan fingerprint density at radius 2 is 1.11 bits per heavy atom.